The molecule has 2 N–H and O–H groups in total. The van der Waals surface area contributed by atoms with Gasteiger partial charge in [0.25, 0.3) is 5.69 Å². The number of ketones is 1. The first-order chi connectivity index (χ1) is 18.3. The van der Waals surface area contributed by atoms with Crippen LogP contribution in [0.15, 0.2) is 42.5 Å². The Kier molecular flexibility index (Phi) is 5.01. The minimum absolute atomic E-state index is 0.00718. The zero-order valence-electron chi connectivity index (χ0n) is 20.9. The summed E-state index contributed by atoms with van der Waals surface area (Å²) in [6.07, 6.45) is 7.04. The first-order valence-corrected chi connectivity index (χ1v) is 13.4. The molecule has 0 aromatic heterocycles. The third-order valence-electron chi connectivity index (χ3n) is 9.49. The number of nitro groups is 1. The molecule has 2 aromatic carbocycles. The van der Waals surface area contributed by atoms with Gasteiger partial charge in [-0.3, -0.25) is 24.6 Å². The molecule has 7 rings (SSSR count). The molecule has 1 amide bonds. The second-order valence-electron chi connectivity index (χ2n) is 11.4. The molecule has 196 valence electrons. The first-order valence-electron chi connectivity index (χ1n) is 13.4. The quantitative estimate of drug-likeness (QED) is 0.344. The number of rotatable bonds is 6. The van der Waals surface area contributed by atoms with Crippen LogP contribution in [0.4, 0.5) is 5.69 Å². The molecule has 3 aliphatic carbocycles. The van der Waals surface area contributed by atoms with Gasteiger partial charge in [-0.15, -0.1) is 0 Å². The highest BCUT2D eigenvalue weighted by molar-refractivity contribution is 5.95. The molecule has 2 aliphatic heterocycles. The van der Waals surface area contributed by atoms with E-state index in [1.807, 2.05) is 6.07 Å². The summed E-state index contributed by atoms with van der Waals surface area (Å²) in [5.74, 6) is 0.867. The summed E-state index contributed by atoms with van der Waals surface area (Å²) in [5, 5.41) is 25.1. The van der Waals surface area contributed by atoms with Crippen molar-refractivity contribution in [2.75, 3.05) is 13.1 Å². The van der Waals surface area contributed by atoms with Crippen LogP contribution in [0.25, 0.3) is 6.08 Å². The molecular formula is C29H29N3O6. The number of benzene rings is 2. The number of nitro benzene ring substituents is 1. The van der Waals surface area contributed by atoms with E-state index in [-0.39, 0.29) is 29.2 Å². The molecule has 2 bridgehead atoms. The van der Waals surface area contributed by atoms with Gasteiger partial charge in [0.05, 0.1) is 15.9 Å². The Balaban J connectivity index is 1.29. The summed E-state index contributed by atoms with van der Waals surface area (Å²) in [4.78, 5) is 39.9. The largest absolute Gasteiger partial charge is 0.504 e. The van der Waals surface area contributed by atoms with Crippen molar-refractivity contribution in [1.29, 1.82) is 0 Å². The molecule has 2 saturated carbocycles. The van der Waals surface area contributed by atoms with Crippen LogP contribution in [-0.4, -0.2) is 57.4 Å². The molecule has 4 atom stereocenters. The van der Waals surface area contributed by atoms with Crippen molar-refractivity contribution in [3.05, 3.63) is 69.3 Å². The molecule has 0 radical (unpaired) electrons. The zero-order chi connectivity index (χ0) is 26.2. The van der Waals surface area contributed by atoms with E-state index in [0.717, 1.165) is 24.2 Å². The molecule has 3 fully saturated rings. The lowest BCUT2D eigenvalue weighted by molar-refractivity contribution is -0.384. The number of hydrogen-bond donors (Lipinski definition) is 2. The second kappa shape index (κ2) is 8.14. The second-order valence-corrected chi connectivity index (χ2v) is 11.4. The Morgan fingerprint density at radius 1 is 1.21 bits per heavy atom. The molecule has 1 spiro atoms. The number of nitrogens with one attached hydrogen (secondary N) is 1. The van der Waals surface area contributed by atoms with Gasteiger partial charge in [-0.1, -0.05) is 6.07 Å². The minimum atomic E-state index is -0.733. The molecule has 5 aliphatic rings. The molecular weight excluding hydrogens is 486 g/mol. The Bertz CT molecular complexity index is 1400. The maximum Gasteiger partial charge on any atom is 0.269 e. The number of carbonyl (C=O) groups is 2. The highest BCUT2D eigenvalue weighted by Crippen LogP contribution is 2.65. The highest BCUT2D eigenvalue weighted by atomic mass is 16.6. The molecule has 1 saturated heterocycles. The average molecular weight is 516 g/mol. The van der Waals surface area contributed by atoms with Gasteiger partial charge in [0.1, 0.15) is 0 Å². The standard InChI is InChI=1S/C29H29N3O6/c33-21-9-6-19-15-23-29(30-24(35)10-5-17-3-7-20(8-4-17)32(36)37)12-11-22(34)27-28(29,25(19)26(21)38-27)13-14-31(23)16-18-1-2-18/h3-10,18,23,27,33H,1-2,11-16H2,(H,30,35)/b10-5+/t23-,27+,28+,29-/m1/s1. The lowest BCUT2D eigenvalue weighted by Gasteiger charge is -2.65. The summed E-state index contributed by atoms with van der Waals surface area (Å²) >= 11 is 0. The van der Waals surface area contributed by atoms with E-state index in [4.69, 9.17) is 4.74 Å². The lowest BCUT2D eigenvalue weighted by atomic mass is 9.47. The summed E-state index contributed by atoms with van der Waals surface area (Å²) in [6, 6.07) is 9.66. The van der Waals surface area contributed by atoms with Gasteiger partial charge in [0, 0.05) is 42.8 Å². The number of piperidine rings is 1. The van der Waals surface area contributed by atoms with Gasteiger partial charge < -0.3 is 15.2 Å². The number of phenolic OH excluding ortho intramolecular Hbond substituents is 1. The van der Waals surface area contributed by atoms with Crippen molar-refractivity contribution in [2.45, 2.75) is 61.6 Å². The minimum Gasteiger partial charge on any atom is -0.504 e. The van der Waals surface area contributed by atoms with Gasteiger partial charge in [-0.25, -0.2) is 0 Å². The van der Waals surface area contributed by atoms with E-state index >= 15 is 0 Å². The molecule has 2 aromatic rings. The van der Waals surface area contributed by atoms with Crippen molar-refractivity contribution in [3.63, 3.8) is 0 Å². The number of hydrogen-bond acceptors (Lipinski definition) is 7. The van der Waals surface area contributed by atoms with Crippen LogP contribution in [0, 0.1) is 16.0 Å². The lowest BCUT2D eigenvalue weighted by Crippen LogP contribution is -2.81. The van der Waals surface area contributed by atoms with Crippen LogP contribution in [0.2, 0.25) is 0 Å². The number of phenols is 1. The van der Waals surface area contributed by atoms with E-state index in [9.17, 15) is 24.8 Å². The van der Waals surface area contributed by atoms with Crippen molar-refractivity contribution in [2.24, 2.45) is 5.92 Å². The number of amides is 1. The molecule has 0 unspecified atom stereocenters. The SMILES string of the molecule is O=C(/C=C/c1ccc([N+](=O)[O-])cc1)N[C@@]12CCC(=O)[C@@H]3Oc4c(O)ccc5c4[C@@]31CCN(CC1CC1)[C@@H]2C5. The Morgan fingerprint density at radius 3 is 2.74 bits per heavy atom. The van der Waals surface area contributed by atoms with Crippen molar-refractivity contribution < 1.29 is 24.4 Å². The zero-order valence-corrected chi connectivity index (χ0v) is 20.9. The summed E-state index contributed by atoms with van der Waals surface area (Å²) in [7, 11) is 0. The van der Waals surface area contributed by atoms with Crippen LogP contribution in [0.3, 0.4) is 0 Å². The number of Topliss-reactive ketones (excluding diaryl/α,β-unsaturated/α-hetero) is 1. The molecule has 2 heterocycles. The average Bonchev–Trinajstić information content (AvgIpc) is 3.65. The number of likely N-dealkylation sites (tertiary alicyclic amines) is 1. The maximum atomic E-state index is 13.6. The topological polar surface area (TPSA) is 122 Å². The van der Waals surface area contributed by atoms with Gasteiger partial charge in [0.15, 0.2) is 23.4 Å². The summed E-state index contributed by atoms with van der Waals surface area (Å²) in [5.41, 5.74) is 1.21. The monoisotopic (exact) mass is 515 g/mol. The number of carbonyl (C=O) groups excluding carboxylic acids is 2. The fourth-order valence-corrected chi connectivity index (χ4v) is 7.70. The number of nitrogens with zero attached hydrogens (tertiary/aromatic N) is 2. The Labute approximate surface area is 219 Å². The van der Waals surface area contributed by atoms with Gasteiger partial charge in [-0.2, -0.15) is 0 Å². The van der Waals surface area contributed by atoms with E-state index < -0.39 is 22.0 Å². The van der Waals surface area contributed by atoms with E-state index in [1.54, 1.807) is 24.3 Å². The summed E-state index contributed by atoms with van der Waals surface area (Å²) in [6.45, 7) is 1.80. The Morgan fingerprint density at radius 2 is 2.00 bits per heavy atom. The highest BCUT2D eigenvalue weighted by Gasteiger charge is 2.73. The maximum absolute atomic E-state index is 13.6. The van der Waals surface area contributed by atoms with E-state index in [1.165, 1.54) is 31.1 Å². The first kappa shape index (κ1) is 23.4. The van der Waals surface area contributed by atoms with Gasteiger partial charge >= 0.3 is 0 Å². The number of non-ortho nitro benzene ring substituents is 1. The smallest absolute Gasteiger partial charge is 0.269 e. The summed E-state index contributed by atoms with van der Waals surface area (Å²) < 4.78 is 6.27. The Hall–Kier alpha value is -3.72. The van der Waals surface area contributed by atoms with Crippen LogP contribution in [0.1, 0.15) is 48.8 Å². The van der Waals surface area contributed by atoms with Gasteiger partial charge in [0.2, 0.25) is 5.91 Å². The van der Waals surface area contributed by atoms with Crippen LogP contribution < -0.4 is 10.1 Å². The molecule has 38 heavy (non-hydrogen) atoms. The predicted molar refractivity (Wildman–Crippen MR) is 138 cm³/mol. The third kappa shape index (κ3) is 3.20. The van der Waals surface area contributed by atoms with E-state index in [0.29, 0.717) is 42.9 Å². The fourth-order valence-electron chi connectivity index (χ4n) is 7.70. The van der Waals surface area contributed by atoms with Gasteiger partial charge in [-0.05, 0) is 80.0 Å². The predicted octanol–water partition coefficient (Wildman–Crippen LogP) is 3.27. The van der Waals surface area contributed by atoms with Crippen molar-refractivity contribution in [3.8, 4) is 11.5 Å². The van der Waals surface area contributed by atoms with Crippen molar-refractivity contribution in [1.82, 2.24) is 10.2 Å². The number of ether oxygens (including phenoxy) is 1. The van der Waals surface area contributed by atoms with Crippen LogP contribution >= 0.6 is 0 Å². The molecule has 9 nitrogen and oxygen atoms in total. The molecule has 9 heteroatoms. The van der Waals surface area contributed by atoms with E-state index in [2.05, 4.69) is 10.2 Å². The van der Waals surface area contributed by atoms with Crippen molar-refractivity contribution >= 4 is 23.5 Å². The van der Waals surface area contributed by atoms with Crippen LogP contribution in [0.5, 0.6) is 11.5 Å². The fraction of sp³-hybridized carbons (Fsp3) is 0.448. The third-order valence-corrected chi connectivity index (χ3v) is 9.49. The normalized spacial score (nSPS) is 31.1. The number of aromatic hydroxyl groups is 1. The van der Waals surface area contributed by atoms with Crippen LogP contribution in [-0.2, 0) is 21.4 Å².